The molecule has 0 unspecified atom stereocenters. The number of carboxylic acid groups (broad SMARTS) is 1. The van der Waals surface area contributed by atoms with Gasteiger partial charge in [0.1, 0.15) is 0 Å². The molecule has 1 saturated carbocycles. The van der Waals surface area contributed by atoms with E-state index in [1.807, 2.05) is 6.92 Å². The van der Waals surface area contributed by atoms with Gasteiger partial charge in [0.25, 0.3) is 0 Å². The van der Waals surface area contributed by atoms with Gasteiger partial charge in [-0.05, 0) is 26.2 Å². The summed E-state index contributed by atoms with van der Waals surface area (Å²) in [6, 6.07) is 0. The predicted molar refractivity (Wildman–Crippen MR) is 47.2 cm³/mol. The number of carbonyl (C=O) groups is 2. The third-order valence-corrected chi connectivity index (χ3v) is 2.26. The van der Waals surface area contributed by atoms with Gasteiger partial charge in [0.05, 0.1) is 0 Å². The molecule has 0 saturated heterocycles. The van der Waals surface area contributed by atoms with Crippen molar-refractivity contribution in [3.8, 4) is 0 Å². The average Bonchev–Trinajstić information content (AvgIpc) is 1.98. The van der Waals surface area contributed by atoms with Crippen molar-refractivity contribution < 1.29 is 14.7 Å². The zero-order valence-corrected chi connectivity index (χ0v) is 7.54. The number of carboxylic acids is 1. The summed E-state index contributed by atoms with van der Waals surface area (Å²) in [6.07, 6.45) is 4.96. The standard InChI is InChI=1S/C9H13NO3/c1-9(5-2-6-9)10-7(11)3-4-8(12)13/h3-4H,2,5-6H2,1H3,(H,10,11)(H,12,13)/b4-3-. The molecule has 0 aliphatic heterocycles. The Morgan fingerprint density at radius 1 is 1.38 bits per heavy atom. The second-order valence-corrected chi connectivity index (χ2v) is 3.58. The van der Waals surface area contributed by atoms with Crippen LogP contribution in [-0.2, 0) is 9.59 Å². The molecule has 0 spiro atoms. The zero-order valence-electron chi connectivity index (χ0n) is 7.54. The van der Waals surface area contributed by atoms with Gasteiger partial charge in [0.2, 0.25) is 5.91 Å². The molecule has 0 atom stereocenters. The number of hydrogen-bond acceptors (Lipinski definition) is 2. The number of amides is 1. The summed E-state index contributed by atoms with van der Waals surface area (Å²) in [6.45, 7) is 1.96. The molecule has 0 heterocycles. The molecular weight excluding hydrogens is 170 g/mol. The Bertz CT molecular complexity index is 254. The third kappa shape index (κ3) is 2.89. The first-order chi connectivity index (χ1) is 6.02. The van der Waals surface area contributed by atoms with Gasteiger partial charge in [0, 0.05) is 17.7 Å². The van der Waals surface area contributed by atoms with Crippen molar-refractivity contribution in [1.82, 2.24) is 5.32 Å². The van der Waals surface area contributed by atoms with Crippen LogP contribution >= 0.6 is 0 Å². The molecular formula is C9H13NO3. The van der Waals surface area contributed by atoms with Gasteiger partial charge in [-0.2, -0.15) is 0 Å². The number of aliphatic carboxylic acids is 1. The minimum Gasteiger partial charge on any atom is -0.478 e. The highest BCUT2D eigenvalue weighted by Gasteiger charge is 2.32. The van der Waals surface area contributed by atoms with Crippen molar-refractivity contribution in [3.63, 3.8) is 0 Å². The van der Waals surface area contributed by atoms with Crippen molar-refractivity contribution in [2.45, 2.75) is 31.7 Å². The van der Waals surface area contributed by atoms with Crippen molar-refractivity contribution in [2.24, 2.45) is 0 Å². The van der Waals surface area contributed by atoms with Crippen LogP contribution in [0.4, 0.5) is 0 Å². The lowest BCUT2D eigenvalue weighted by Gasteiger charge is -2.38. The fourth-order valence-corrected chi connectivity index (χ4v) is 1.32. The molecule has 1 fully saturated rings. The second kappa shape index (κ2) is 3.60. The highest BCUT2D eigenvalue weighted by molar-refractivity contribution is 5.94. The van der Waals surface area contributed by atoms with Crippen LogP contribution in [0, 0.1) is 0 Å². The fraction of sp³-hybridized carbons (Fsp3) is 0.556. The lowest BCUT2D eigenvalue weighted by molar-refractivity contribution is -0.131. The first kappa shape index (κ1) is 9.77. The smallest absolute Gasteiger partial charge is 0.328 e. The molecule has 0 aromatic carbocycles. The number of carbonyl (C=O) groups excluding carboxylic acids is 1. The topological polar surface area (TPSA) is 66.4 Å². The van der Waals surface area contributed by atoms with Crippen molar-refractivity contribution in [3.05, 3.63) is 12.2 Å². The van der Waals surface area contributed by atoms with E-state index < -0.39 is 5.97 Å². The minimum absolute atomic E-state index is 0.111. The van der Waals surface area contributed by atoms with Crippen LogP contribution in [0.25, 0.3) is 0 Å². The average molecular weight is 183 g/mol. The maximum absolute atomic E-state index is 11.1. The molecule has 0 radical (unpaired) electrons. The van der Waals surface area contributed by atoms with E-state index in [1.165, 1.54) is 0 Å². The van der Waals surface area contributed by atoms with E-state index in [0.29, 0.717) is 0 Å². The van der Waals surface area contributed by atoms with Gasteiger partial charge in [-0.25, -0.2) is 4.79 Å². The molecule has 2 N–H and O–H groups in total. The predicted octanol–water partition coefficient (Wildman–Crippen LogP) is 0.686. The summed E-state index contributed by atoms with van der Waals surface area (Å²) < 4.78 is 0. The zero-order chi connectivity index (χ0) is 9.90. The highest BCUT2D eigenvalue weighted by Crippen LogP contribution is 2.30. The number of hydrogen-bond donors (Lipinski definition) is 2. The molecule has 4 heteroatoms. The highest BCUT2D eigenvalue weighted by atomic mass is 16.4. The molecule has 1 aliphatic rings. The largest absolute Gasteiger partial charge is 0.478 e. The molecule has 13 heavy (non-hydrogen) atoms. The molecule has 4 nitrogen and oxygen atoms in total. The van der Waals surface area contributed by atoms with Crippen LogP contribution in [-0.4, -0.2) is 22.5 Å². The van der Waals surface area contributed by atoms with E-state index in [9.17, 15) is 9.59 Å². The van der Waals surface area contributed by atoms with E-state index >= 15 is 0 Å². The molecule has 1 rings (SSSR count). The van der Waals surface area contributed by atoms with Crippen LogP contribution in [0.15, 0.2) is 12.2 Å². The molecule has 0 aromatic heterocycles. The Balaban J connectivity index is 2.37. The van der Waals surface area contributed by atoms with E-state index in [1.54, 1.807) is 0 Å². The molecule has 72 valence electrons. The first-order valence-electron chi connectivity index (χ1n) is 4.25. The van der Waals surface area contributed by atoms with Gasteiger partial charge in [-0.15, -0.1) is 0 Å². The Kier molecular flexibility index (Phi) is 2.70. The molecule has 0 bridgehead atoms. The lowest BCUT2D eigenvalue weighted by Crippen LogP contribution is -2.50. The van der Waals surface area contributed by atoms with Crippen LogP contribution in [0.5, 0.6) is 0 Å². The normalized spacial score (nSPS) is 19.5. The van der Waals surface area contributed by atoms with Crippen LogP contribution in [0.1, 0.15) is 26.2 Å². The minimum atomic E-state index is -1.10. The van der Waals surface area contributed by atoms with Gasteiger partial charge < -0.3 is 10.4 Å². The maximum atomic E-state index is 11.1. The molecule has 0 aromatic rings. The lowest BCUT2D eigenvalue weighted by atomic mass is 9.78. The summed E-state index contributed by atoms with van der Waals surface area (Å²) in [5, 5.41) is 11.0. The number of nitrogens with one attached hydrogen (secondary N) is 1. The van der Waals surface area contributed by atoms with Gasteiger partial charge in [-0.1, -0.05) is 0 Å². The summed E-state index contributed by atoms with van der Waals surface area (Å²) in [4.78, 5) is 21.2. The fourth-order valence-electron chi connectivity index (χ4n) is 1.32. The Morgan fingerprint density at radius 2 is 2.00 bits per heavy atom. The molecule has 1 amide bonds. The van der Waals surface area contributed by atoms with Crippen LogP contribution in [0.2, 0.25) is 0 Å². The second-order valence-electron chi connectivity index (χ2n) is 3.58. The van der Waals surface area contributed by atoms with Crippen molar-refractivity contribution in [2.75, 3.05) is 0 Å². The monoisotopic (exact) mass is 183 g/mol. The summed E-state index contributed by atoms with van der Waals surface area (Å²) in [7, 11) is 0. The Labute approximate surface area is 76.6 Å². The number of rotatable bonds is 3. The van der Waals surface area contributed by atoms with Gasteiger partial charge in [-0.3, -0.25) is 4.79 Å². The summed E-state index contributed by atoms with van der Waals surface area (Å²) in [5.74, 6) is -1.43. The maximum Gasteiger partial charge on any atom is 0.328 e. The van der Waals surface area contributed by atoms with Gasteiger partial charge >= 0.3 is 5.97 Å². The van der Waals surface area contributed by atoms with Crippen molar-refractivity contribution in [1.29, 1.82) is 0 Å². The molecule has 1 aliphatic carbocycles. The first-order valence-corrected chi connectivity index (χ1v) is 4.25. The van der Waals surface area contributed by atoms with Crippen LogP contribution < -0.4 is 5.32 Å². The van der Waals surface area contributed by atoms with Crippen molar-refractivity contribution >= 4 is 11.9 Å². The Morgan fingerprint density at radius 3 is 2.38 bits per heavy atom. The van der Waals surface area contributed by atoms with Crippen LogP contribution in [0.3, 0.4) is 0 Å². The third-order valence-electron chi connectivity index (χ3n) is 2.26. The SMILES string of the molecule is CC1(NC(=O)/C=C\C(=O)O)CCC1. The summed E-state index contributed by atoms with van der Waals surface area (Å²) >= 11 is 0. The van der Waals surface area contributed by atoms with E-state index in [4.69, 9.17) is 5.11 Å². The summed E-state index contributed by atoms with van der Waals surface area (Å²) in [5.41, 5.74) is -0.111. The Hall–Kier alpha value is -1.32. The van der Waals surface area contributed by atoms with Gasteiger partial charge in [0.15, 0.2) is 0 Å². The van der Waals surface area contributed by atoms with E-state index in [2.05, 4.69) is 5.32 Å². The van der Waals surface area contributed by atoms with E-state index in [0.717, 1.165) is 31.4 Å². The van der Waals surface area contributed by atoms with E-state index in [-0.39, 0.29) is 11.4 Å². The quantitative estimate of drug-likeness (QED) is 0.632.